The fraction of sp³-hybridized carbons (Fsp3) is 0.533. The number of nitrogens with one attached hydrogen (secondary N) is 2. The Kier molecular flexibility index (Phi) is 8.21. The largest absolute Gasteiger partial charge is 0.435 e. The molecule has 1 rings (SSSR count). The van der Waals surface area contributed by atoms with Crippen molar-refractivity contribution in [2.75, 3.05) is 19.6 Å². The number of nitrogens with zero attached hydrogens (tertiary/aromatic N) is 1. The lowest BCUT2D eigenvalue weighted by atomic mass is 10.1. The standard InChI is InChI=1S/C15H23F2N3O2/c1-3-9-19-15(18-4-2)20-10-13(21)11-5-7-12(8-6-11)22-14(16)17/h5-8,13-14,21H,3-4,9-10H2,1-2H3,(H2,18,19,20). The maximum absolute atomic E-state index is 12.1. The summed E-state index contributed by atoms with van der Waals surface area (Å²) < 4.78 is 28.4. The Hall–Kier alpha value is -1.89. The normalized spacial score (nSPS) is 13.1. The van der Waals surface area contributed by atoms with Gasteiger partial charge in [-0.3, -0.25) is 4.99 Å². The van der Waals surface area contributed by atoms with Crippen molar-refractivity contribution < 1.29 is 18.6 Å². The highest BCUT2D eigenvalue weighted by Gasteiger charge is 2.09. The van der Waals surface area contributed by atoms with E-state index in [-0.39, 0.29) is 12.3 Å². The molecule has 0 amide bonds. The van der Waals surface area contributed by atoms with Crippen molar-refractivity contribution in [2.45, 2.75) is 33.0 Å². The molecule has 0 saturated heterocycles. The van der Waals surface area contributed by atoms with Crippen molar-refractivity contribution in [3.05, 3.63) is 29.8 Å². The van der Waals surface area contributed by atoms with Crippen molar-refractivity contribution in [3.8, 4) is 5.75 Å². The molecule has 5 nitrogen and oxygen atoms in total. The molecule has 1 aromatic rings. The first kappa shape index (κ1) is 18.2. The average Bonchev–Trinajstić information content (AvgIpc) is 2.50. The molecule has 0 heterocycles. The summed E-state index contributed by atoms with van der Waals surface area (Å²) >= 11 is 0. The quantitative estimate of drug-likeness (QED) is 0.509. The molecular weight excluding hydrogens is 292 g/mol. The summed E-state index contributed by atoms with van der Waals surface area (Å²) in [5.41, 5.74) is 0.594. The number of alkyl halides is 2. The number of hydrogen-bond donors (Lipinski definition) is 3. The van der Waals surface area contributed by atoms with E-state index >= 15 is 0 Å². The zero-order valence-electron chi connectivity index (χ0n) is 12.9. The Morgan fingerprint density at radius 2 is 1.91 bits per heavy atom. The van der Waals surface area contributed by atoms with Gasteiger partial charge in [0.1, 0.15) is 5.75 Å². The van der Waals surface area contributed by atoms with Crippen LogP contribution in [-0.2, 0) is 0 Å². The minimum absolute atomic E-state index is 0.0624. The third-order valence-corrected chi connectivity index (χ3v) is 2.80. The molecule has 1 unspecified atom stereocenters. The summed E-state index contributed by atoms with van der Waals surface area (Å²) in [5, 5.41) is 16.3. The van der Waals surface area contributed by atoms with Crippen LogP contribution in [0.5, 0.6) is 5.75 Å². The van der Waals surface area contributed by atoms with Gasteiger partial charge >= 0.3 is 6.61 Å². The molecule has 0 aliphatic carbocycles. The van der Waals surface area contributed by atoms with E-state index in [0.717, 1.165) is 19.5 Å². The van der Waals surface area contributed by atoms with Crippen molar-refractivity contribution in [1.82, 2.24) is 10.6 Å². The van der Waals surface area contributed by atoms with Crippen LogP contribution in [0.2, 0.25) is 0 Å². The van der Waals surface area contributed by atoms with Gasteiger partial charge in [0.05, 0.1) is 12.6 Å². The van der Waals surface area contributed by atoms with E-state index in [2.05, 4.69) is 27.3 Å². The first-order valence-electron chi connectivity index (χ1n) is 7.31. The predicted octanol–water partition coefficient (Wildman–Crippen LogP) is 2.29. The first-order chi connectivity index (χ1) is 10.6. The van der Waals surface area contributed by atoms with E-state index in [4.69, 9.17) is 0 Å². The number of rotatable bonds is 8. The second kappa shape index (κ2) is 9.94. The third-order valence-electron chi connectivity index (χ3n) is 2.80. The number of aliphatic imine (C=N–C) groups is 1. The lowest BCUT2D eigenvalue weighted by Crippen LogP contribution is -2.37. The van der Waals surface area contributed by atoms with Crippen LogP contribution in [0.4, 0.5) is 8.78 Å². The number of ether oxygens (including phenoxy) is 1. The second-order valence-electron chi connectivity index (χ2n) is 4.61. The summed E-state index contributed by atoms with van der Waals surface area (Å²) in [6, 6.07) is 5.89. The molecule has 22 heavy (non-hydrogen) atoms. The van der Waals surface area contributed by atoms with Crippen LogP contribution < -0.4 is 15.4 Å². The van der Waals surface area contributed by atoms with Crippen LogP contribution in [-0.4, -0.2) is 37.3 Å². The van der Waals surface area contributed by atoms with Crippen molar-refractivity contribution in [3.63, 3.8) is 0 Å². The summed E-state index contributed by atoms with van der Waals surface area (Å²) in [7, 11) is 0. The SMILES string of the molecule is CCCNC(=NCC(O)c1ccc(OC(F)F)cc1)NCC. The molecule has 0 bridgehead atoms. The highest BCUT2D eigenvalue weighted by Crippen LogP contribution is 2.19. The monoisotopic (exact) mass is 315 g/mol. The van der Waals surface area contributed by atoms with E-state index in [1.807, 2.05) is 6.92 Å². The van der Waals surface area contributed by atoms with E-state index in [0.29, 0.717) is 11.5 Å². The summed E-state index contributed by atoms with van der Waals surface area (Å²) in [5.74, 6) is 0.702. The molecule has 1 atom stereocenters. The number of aliphatic hydroxyl groups is 1. The van der Waals surface area contributed by atoms with Gasteiger partial charge in [0, 0.05) is 13.1 Å². The van der Waals surface area contributed by atoms with E-state index in [1.165, 1.54) is 12.1 Å². The number of benzene rings is 1. The zero-order valence-corrected chi connectivity index (χ0v) is 12.9. The Morgan fingerprint density at radius 1 is 1.23 bits per heavy atom. The molecule has 3 N–H and O–H groups in total. The van der Waals surface area contributed by atoms with Crippen LogP contribution in [0.3, 0.4) is 0 Å². The van der Waals surface area contributed by atoms with Gasteiger partial charge < -0.3 is 20.5 Å². The van der Waals surface area contributed by atoms with Crippen LogP contribution in [0.25, 0.3) is 0 Å². The Labute approximate surface area is 129 Å². The van der Waals surface area contributed by atoms with Crippen LogP contribution in [0.1, 0.15) is 31.9 Å². The van der Waals surface area contributed by atoms with Crippen molar-refractivity contribution in [2.24, 2.45) is 4.99 Å². The fourth-order valence-corrected chi connectivity index (χ4v) is 1.74. The number of hydrogen-bond acceptors (Lipinski definition) is 3. The predicted molar refractivity (Wildman–Crippen MR) is 82.3 cm³/mol. The number of guanidine groups is 1. The maximum atomic E-state index is 12.1. The zero-order chi connectivity index (χ0) is 16.4. The van der Waals surface area contributed by atoms with Gasteiger partial charge in [0.15, 0.2) is 5.96 Å². The number of aliphatic hydroxyl groups excluding tert-OH is 1. The lowest BCUT2D eigenvalue weighted by Gasteiger charge is -2.13. The van der Waals surface area contributed by atoms with Gasteiger partial charge in [-0.25, -0.2) is 0 Å². The average molecular weight is 315 g/mol. The highest BCUT2D eigenvalue weighted by atomic mass is 19.3. The van der Waals surface area contributed by atoms with E-state index < -0.39 is 12.7 Å². The highest BCUT2D eigenvalue weighted by molar-refractivity contribution is 5.79. The summed E-state index contributed by atoms with van der Waals surface area (Å²) in [6.45, 7) is 2.85. The molecule has 0 aromatic heterocycles. The Morgan fingerprint density at radius 3 is 2.45 bits per heavy atom. The molecule has 0 spiro atoms. The number of halogens is 2. The fourth-order valence-electron chi connectivity index (χ4n) is 1.74. The second-order valence-corrected chi connectivity index (χ2v) is 4.61. The molecule has 124 valence electrons. The van der Waals surface area contributed by atoms with Crippen LogP contribution in [0.15, 0.2) is 29.3 Å². The molecule has 0 saturated carbocycles. The third kappa shape index (κ3) is 6.71. The molecule has 0 aliphatic rings. The van der Waals surface area contributed by atoms with Gasteiger partial charge in [-0.15, -0.1) is 0 Å². The molecule has 0 aliphatic heterocycles. The van der Waals surface area contributed by atoms with E-state index in [9.17, 15) is 13.9 Å². The van der Waals surface area contributed by atoms with Gasteiger partial charge in [0.25, 0.3) is 0 Å². The minimum atomic E-state index is -2.85. The summed E-state index contributed by atoms with van der Waals surface area (Å²) in [6.07, 6.45) is 0.163. The van der Waals surface area contributed by atoms with Crippen molar-refractivity contribution in [1.29, 1.82) is 0 Å². The van der Waals surface area contributed by atoms with Gasteiger partial charge in [-0.2, -0.15) is 8.78 Å². The molecular formula is C15H23F2N3O2. The van der Waals surface area contributed by atoms with Gasteiger partial charge in [0.2, 0.25) is 0 Å². The lowest BCUT2D eigenvalue weighted by molar-refractivity contribution is -0.0498. The molecule has 0 radical (unpaired) electrons. The smallest absolute Gasteiger partial charge is 0.387 e. The maximum Gasteiger partial charge on any atom is 0.387 e. The first-order valence-corrected chi connectivity index (χ1v) is 7.31. The van der Waals surface area contributed by atoms with Gasteiger partial charge in [-0.1, -0.05) is 19.1 Å². The Bertz CT molecular complexity index is 453. The van der Waals surface area contributed by atoms with Crippen LogP contribution >= 0.6 is 0 Å². The van der Waals surface area contributed by atoms with E-state index in [1.54, 1.807) is 12.1 Å². The molecule has 7 heteroatoms. The topological polar surface area (TPSA) is 65.9 Å². The van der Waals surface area contributed by atoms with Crippen LogP contribution in [0, 0.1) is 0 Å². The summed E-state index contributed by atoms with van der Waals surface area (Å²) in [4.78, 5) is 4.29. The molecule has 1 aromatic carbocycles. The van der Waals surface area contributed by atoms with Crippen molar-refractivity contribution >= 4 is 5.96 Å². The van der Waals surface area contributed by atoms with Gasteiger partial charge in [-0.05, 0) is 31.0 Å². The Balaban J connectivity index is 2.60. The molecule has 0 fully saturated rings. The minimum Gasteiger partial charge on any atom is -0.435 e.